The van der Waals surface area contributed by atoms with Gasteiger partial charge in [0, 0.05) is 6.54 Å². The molecule has 3 N–H and O–H groups in total. The molecule has 0 aliphatic rings. The SMILES string of the molecule is CCCCCCCCCc1c(O)ccc(CN)c1C. The average molecular weight is 263 g/mol. The summed E-state index contributed by atoms with van der Waals surface area (Å²) in [5, 5.41) is 9.94. The molecule has 0 aromatic heterocycles. The fourth-order valence-corrected chi connectivity index (χ4v) is 2.59. The summed E-state index contributed by atoms with van der Waals surface area (Å²) in [5.74, 6) is 0.431. The Hall–Kier alpha value is -1.02. The summed E-state index contributed by atoms with van der Waals surface area (Å²) in [6.45, 7) is 4.87. The topological polar surface area (TPSA) is 46.2 Å². The predicted octanol–water partition coefficient (Wildman–Crippen LogP) is 4.45. The molecule has 2 heteroatoms. The number of aromatic hydroxyl groups is 1. The highest BCUT2D eigenvalue weighted by molar-refractivity contribution is 5.43. The van der Waals surface area contributed by atoms with E-state index in [1.807, 2.05) is 6.07 Å². The Morgan fingerprint density at radius 2 is 1.63 bits per heavy atom. The molecule has 0 heterocycles. The van der Waals surface area contributed by atoms with Gasteiger partial charge >= 0.3 is 0 Å². The summed E-state index contributed by atoms with van der Waals surface area (Å²) in [5.41, 5.74) is 9.13. The third-order valence-corrected chi connectivity index (χ3v) is 3.94. The second kappa shape index (κ2) is 8.98. The first-order chi connectivity index (χ1) is 9.20. The van der Waals surface area contributed by atoms with Crippen molar-refractivity contribution in [2.24, 2.45) is 5.73 Å². The molecule has 0 radical (unpaired) electrons. The predicted molar refractivity (Wildman–Crippen MR) is 82.4 cm³/mol. The van der Waals surface area contributed by atoms with Crippen LogP contribution in [0.1, 0.15) is 68.6 Å². The van der Waals surface area contributed by atoms with Crippen molar-refractivity contribution >= 4 is 0 Å². The molecule has 108 valence electrons. The number of nitrogens with two attached hydrogens (primary N) is 1. The lowest BCUT2D eigenvalue weighted by Crippen LogP contribution is -2.02. The first-order valence-corrected chi connectivity index (χ1v) is 7.71. The molecule has 0 amide bonds. The molecule has 1 aromatic rings. The summed E-state index contributed by atoms with van der Waals surface area (Å²) < 4.78 is 0. The van der Waals surface area contributed by atoms with Crippen molar-refractivity contribution in [2.45, 2.75) is 71.8 Å². The number of rotatable bonds is 9. The van der Waals surface area contributed by atoms with E-state index in [0.29, 0.717) is 12.3 Å². The molecule has 0 saturated heterocycles. The van der Waals surface area contributed by atoms with E-state index in [-0.39, 0.29) is 0 Å². The van der Waals surface area contributed by atoms with Gasteiger partial charge in [-0.05, 0) is 42.5 Å². The second-order valence-electron chi connectivity index (χ2n) is 5.42. The first kappa shape index (κ1) is 16.0. The molecule has 0 aliphatic heterocycles. The molecule has 0 fully saturated rings. The zero-order chi connectivity index (χ0) is 14.1. The Kier molecular flexibility index (Phi) is 7.57. The van der Waals surface area contributed by atoms with E-state index in [4.69, 9.17) is 5.73 Å². The maximum Gasteiger partial charge on any atom is 0.119 e. The number of benzene rings is 1. The lowest BCUT2D eigenvalue weighted by molar-refractivity contribution is 0.464. The maximum atomic E-state index is 9.94. The van der Waals surface area contributed by atoms with E-state index in [1.54, 1.807) is 6.07 Å². The van der Waals surface area contributed by atoms with Gasteiger partial charge < -0.3 is 10.8 Å². The second-order valence-corrected chi connectivity index (χ2v) is 5.42. The lowest BCUT2D eigenvalue weighted by Gasteiger charge is -2.12. The van der Waals surface area contributed by atoms with Gasteiger partial charge in [0.2, 0.25) is 0 Å². The Morgan fingerprint density at radius 1 is 1.00 bits per heavy atom. The molecule has 1 aromatic carbocycles. The zero-order valence-corrected chi connectivity index (χ0v) is 12.5. The van der Waals surface area contributed by atoms with E-state index in [0.717, 1.165) is 24.0 Å². The van der Waals surface area contributed by atoms with E-state index in [2.05, 4.69) is 13.8 Å². The van der Waals surface area contributed by atoms with Crippen LogP contribution in [0.4, 0.5) is 0 Å². The van der Waals surface area contributed by atoms with E-state index in [9.17, 15) is 5.11 Å². The smallest absolute Gasteiger partial charge is 0.119 e. The van der Waals surface area contributed by atoms with Crippen molar-refractivity contribution < 1.29 is 5.11 Å². The van der Waals surface area contributed by atoms with E-state index in [1.165, 1.54) is 44.1 Å². The van der Waals surface area contributed by atoms with Crippen molar-refractivity contribution in [3.63, 3.8) is 0 Å². The van der Waals surface area contributed by atoms with Crippen molar-refractivity contribution in [3.8, 4) is 5.75 Å². The van der Waals surface area contributed by atoms with E-state index < -0.39 is 0 Å². The number of hydrogen-bond acceptors (Lipinski definition) is 2. The van der Waals surface area contributed by atoms with E-state index >= 15 is 0 Å². The van der Waals surface area contributed by atoms with Crippen LogP contribution in [0.15, 0.2) is 12.1 Å². The summed E-state index contributed by atoms with van der Waals surface area (Å²) in [4.78, 5) is 0. The summed E-state index contributed by atoms with van der Waals surface area (Å²) >= 11 is 0. The molecule has 19 heavy (non-hydrogen) atoms. The van der Waals surface area contributed by atoms with Gasteiger partial charge in [0.25, 0.3) is 0 Å². The molecule has 0 aliphatic carbocycles. The molecule has 0 spiro atoms. The highest BCUT2D eigenvalue weighted by Gasteiger charge is 2.08. The van der Waals surface area contributed by atoms with Gasteiger partial charge in [-0.15, -0.1) is 0 Å². The molecular formula is C17H29NO. The number of phenolic OH excluding ortho intramolecular Hbond substituents is 1. The molecule has 0 saturated carbocycles. The Labute approximate surface area is 118 Å². The van der Waals surface area contributed by atoms with Crippen molar-refractivity contribution in [1.82, 2.24) is 0 Å². The van der Waals surface area contributed by atoms with Crippen LogP contribution >= 0.6 is 0 Å². The fraction of sp³-hybridized carbons (Fsp3) is 0.647. The molecule has 1 rings (SSSR count). The normalized spacial score (nSPS) is 10.9. The van der Waals surface area contributed by atoms with Crippen molar-refractivity contribution in [1.29, 1.82) is 0 Å². The third kappa shape index (κ3) is 5.23. The largest absolute Gasteiger partial charge is 0.508 e. The van der Waals surface area contributed by atoms with Crippen LogP contribution in [0.5, 0.6) is 5.75 Å². The summed E-state index contributed by atoms with van der Waals surface area (Å²) in [6.07, 6.45) is 10.1. The minimum Gasteiger partial charge on any atom is -0.508 e. The average Bonchev–Trinajstić information content (AvgIpc) is 2.41. The van der Waals surface area contributed by atoms with Crippen LogP contribution in [-0.2, 0) is 13.0 Å². The van der Waals surface area contributed by atoms with Crippen molar-refractivity contribution in [3.05, 3.63) is 28.8 Å². The Morgan fingerprint density at radius 3 is 2.26 bits per heavy atom. The first-order valence-electron chi connectivity index (χ1n) is 7.71. The van der Waals surface area contributed by atoms with Gasteiger partial charge in [-0.1, -0.05) is 51.5 Å². The minimum absolute atomic E-state index is 0.431. The zero-order valence-electron chi connectivity index (χ0n) is 12.5. The number of hydrogen-bond donors (Lipinski definition) is 2. The Bertz CT molecular complexity index is 374. The van der Waals surface area contributed by atoms with Gasteiger partial charge in [-0.25, -0.2) is 0 Å². The highest BCUT2D eigenvalue weighted by Crippen LogP contribution is 2.26. The van der Waals surface area contributed by atoms with Crippen LogP contribution in [0.25, 0.3) is 0 Å². The number of phenols is 1. The van der Waals surface area contributed by atoms with Crippen molar-refractivity contribution in [2.75, 3.05) is 0 Å². The standard InChI is InChI=1S/C17H29NO/c1-3-4-5-6-7-8-9-10-16-14(2)15(13-18)11-12-17(16)19/h11-12,19H,3-10,13,18H2,1-2H3. The molecule has 0 unspecified atom stereocenters. The van der Waals surface area contributed by atoms with Gasteiger partial charge in [-0.3, -0.25) is 0 Å². The fourth-order valence-electron chi connectivity index (χ4n) is 2.59. The minimum atomic E-state index is 0.431. The van der Waals surface area contributed by atoms with Gasteiger partial charge in [0.15, 0.2) is 0 Å². The number of unbranched alkanes of at least 4 members (excludes halogenated alkanes) is 6. The molecular weight excluding hydrogens is 234 g/mol. The molecule has 2 nitrogen and oxygen atoms in total. The van der Waals surface area contributed by atoms with Gasteiger partial charge in [0.1, 0.15) is 5.75 Å². The monoisotopic (exact) mass is 263 g/mol. The van der Waals surface area contributed by atoms with Gasteiger partial charge in [0.05, 0.1) is 0 Å². The van der Waals surface area contributed by atoms with Crippen LogP contribution < -0.4 is 5.73 Å². The molecule has 0 bridgehead atoms. The van der Waals surface area contributed by atoms with Crippen LogP contribution in [0.2, 0.25) is 0 Å². The third-order valence-electron chi connectivity index (χ3n) is 3.94. The summed E-state index contributed by atoms with van der Waals surface area (Å²) in [7, 11) is 0. The quantitative estimate of drug-likeness (QED) is 0.646. The molecule has 0 atom stereocenters. The maximum absolute atomic E-state index is 9.94. The Balaban J connectivity index is 2.36. The van der Waals surface area contributed by atoms with Crippen LogP contribution in [0, 0.1) is 6.92 Å². The van der Waals surface area contributed by atoms with Crippen LogP contribution in [0.3, 0.4) is 0 Å². The summed E-state index contributed by atoms with van der Waals surface area (Å²) in [6, 6.07) is 3.71. The van der Waals surface area contributed by atoms with Crippen LogP contribution in [-0.4, -0.2) is 5.11 Å². The highest BCUT2D eigenvalue weighted by atomic mass is 16.3. The van der Waals surface area contributed by atoms with Gasteiger partial charge in [-0.2, -0.15) is 0 Å². The lowest BCUT2D eigenvalue weighted by atomic mass is 9.96.